The minimum Gasteiger partial charge on any atom is -0.462 e. The summed E-state index contributed by atoms with van der Waals surface area (Å²) in [7, 11) is -4.98. The number of aliphatic hydroxyl groups excluding tert-OH is 2. The van der Waals surface area contributed by atoms with Crippen molar-refractivity contribution in [2.24, 2.45) is 0 Å². The number of rotatable bonds is 37. The molecule has 3 atom stereocenters. The lowest BCUT2D eigenvalue weighted by molar-refractivity contribution is -0.164. The third kappa shape index (κ3) is 36.9. The van der Waals surface area contributed by atoms with E-state index < -0.39 is 57.4 Å². The highest BCUT2D eigenvalue weighted by Gasteiger charge is 2.37. The second-order valence-electron chi connectivity index (χ2n) is 13.8. The molecular weight excluding hydrogens is 743 g/mol. The van der Waals surface area contributed by atoms with E-state index in [1.165, 1.54) is 38.5 Å². The van der Waals surface area contributed by atoms with Gasteiger partial charge in [-0.2, -0.15) is 0 Å². The van der Waals surface area contributed by atoms with E-state index in [1.807, 2.05) is 24.3 Å². The molecule has 11 heteroatoms. The Hall–Kier alpha value is -3.11. The first kappa shape index (κ1) is 53.9. The van der Waals surface area contributed by atoms with Gasteiger partial charge in [-0.3, -0.25) is 14.2 Å². The number of esters is 2. The zero-order chi connectivity index (χ0) is 42.1. The van der Waals surface area contributed by atoms with Gasteiger partial charge in [0.05, 0.1) is 13.2 Å². The molecule has 0 rings (SSSR count). The SMILES string of the molecule is CCCCC/C=C\C/C=C\C/C=C\C/C=C\CCCC(=O)OC[C@H](COC(C(O)CO)P(=O)(O)O)OC(=O)CCC/C=C\C/C=C\C/C=C\C/C=C\CCCCC. The molecule has 0 saturated carbocycles. The van der Waals surface area contributed by atoms with Crippen LogP contribution < -0.4 is 0 Å². The van der Waals surface area contributed by atoms with E-state index >= 15 is 0 Å². The molecule has 2 unspecified atom stereocenters. The Morgan fingerprint density at radius 3 is 1.28 bits per heavy atom. The van der Waals surface area contributed by atoms with Crippen LogP contribution in [0.25, 0.3) is 0 Å². The van der Waals surface area contributed by atoms with Crippen molar-refractivity contribution in [3.63, 3.8) is 0 Å². The third-order valence-corrected chi connectivity index (χ3v) is 9.60. The number of unbranched alkanes of at least 4 members (excludes halogenated alkanes) is 8. The highest BCUT2D eigenvalue weighted by atomic mass is 31.2. The van der Waals surface area contributed by atoms with Gasteiger partial charge < -0.3 is 34.2 Å². The Morgan fingerprint density at radius 2 is 0.912 bits per heavy atom. The monoisotopic (exact) mass is 819 g/mol. The van der Waals surface area contributed by atoms with Gasteiger partial charge in [-0.25, -0.2) is 0 Å². The molecule has 0 bridgehead atoms. The number of hydrogen-bond donors (Lipinski definition) is 4. The van der Waals surface area contributed by atoms with Crippen LogP contribution in [0.1, 0.15) is 142 Å². The molecule has 4 N–H and O–H groups in total. The van der Waals surface area contributed by atoms with Gasteiger partial charge in [0.1, 0.15) is 12.7 Å². The Balaban J connectivity index is 4.60. The maximum atomic E-state index is 12.6. The van der Waals surface area contributed by atoms with Crippen molar-refractivity contribution in [3.05, 3.63) is 97.2 Å². The Kier molecular flexibility index (Phi) is 37.5. The van der Waals surface area contributed by atoms with Crippen LogP contribution in [0, 0.1) is 0 Å². The molecule has 0 fully saturated rings. The summed E-state index contributed by atoms with van der Waals surface area (Å²) in [6.45, 7) is 2.51. The molecule has 0 radical (unpaired) electrons. The standard InChI is InChI=1S/C46H75O10P/c1-3-5-7-9-11-13-15-17-19-21-23-25-27-29-31-33-35-37-44(49)54-40-42(41-55-46(43(48)39-47)57(51,52)53)56-45(50)38-36-34-32-30-28-26-24-22-20-18-16-14-12-10-8-6-4-2/h11-14,17-20,23-26,29-32,42-43,46-48H,3-10,15-16,21-22,27-28,33-41H2,1-2H3,(H2,51,52,53)/b13-11-,14-12-,19-17-,20-18-,25-23-,26-24-,31-29-,32-30-/t42-,43?,46?/m1/s1. The molecule has 57 heavy (non-hydrogen) atoms. The summed E-state index contributed by atoms with van der Waals surface area (Å²) in [6.07, 6.45) is 48.7. The minimum absolute atomic E-state index is 0.0682. The van der Waals surface area contributed by atoms with Gasteiger partial charge in [0.25, 0.3) is 0 Å². The Labute approximate surface area is 344 Å². The summed E-state index contributed by atoms with van der Waals surface area (Å²) in [4.78, 5) is 44.2. The Bertz CT molecular complexity index is 1270. The molecule has 0 aliphatic rings. The van der Waals surface area contributed by atoms with Crippen molar-refractivity contribution < 1.29 is 48.4 Å². The molecule has 0 aromatic rings. The van der Waals surface area contributed by atoms with Crippen molar-refractivity contribution >= 4 is 19.5 Å². The van der Waals surface area contributed by atoms with Crippen molar-refractivity contribution in [3.8, 4) is 0 Å². The molecule has 0 saturated heterocycles. The fourth-order valence-corrected chi connectivity index (χ4v) is 6.02. The molecule has 10 nitrogen and oxygen atoms in total. The summed E-state index contributed by atoms with van der Waals surface area (Å²) in [5, 5.41) is 19.1. The van der Waals surface area contributed by atoms with E-state index in [1.54, 1.807) is 0 Å². The van der Waals surface area contributed by atoms with E-state index in [2.05, 4.69) is 86.8 Å². The second kappa shape index (κ2) is 39.7. The van der Waals surface area contributed by atoms with Crippen molar-refractivity contribution in [2.45, 2.75) is 160 Å². The quantitative estimate of drug-likeness (QED) is 0.0206. The highest BCUT2D eigenvalue weighted by Crippen LogP contribution is 2.43. The third-order valence-electron chi connectivity index (χ3n) is 8.45. The topological polar surface area (TPSA) is 160 Å². The molecule has 0 aliphatic heterocycles. The van der Waals surface area contributed by atoms with Gasteiger partial charge in [0.15, 0.2) is 11.9 Å². The van der Waals surface area contributed by atoms with E-state index in [0.29, 0.717) is 25.7 Å². The van der Waals surface area contributed by atoms with E-state index in [0.717, 1.165) is 51.4 Å². The highest BCUT2D eigenvalue weighted by molar-refractivity contribution is 7.52. The van der Waals surface area contributed by atoms with Crippen LogP contribution in [0.4, 0.5) is 0 Å². The zero-order valence-electron chi connectivity index (χ0n) is 34.9. The van der Waals surface area contributed by atoms with E-state index in [4.69, 9.17) is 14.2 Å². The van der Waals surface area contributed by atoms with Crippen LogP contribution in [0.5, 0.6) is 0 Å². The van der Waals surface area contributed by atoms with E-state index in [9.17, 15) is 34.2 Å². The molecular formula is C46H75O10P. The number of aliphatic hydroxyl groups is 2. The summed E-state index contributed by atoms with van der Waals surface area (Å²) >= 11 is 0. The van der Waals surface area contributed by atoms with E-state index in [-0.39, 0.29) is 12.8 Å². The van der Waals surface area contributed by atoms with Gasteiger partial charge >= 0.3 is 19.5 Å². The average molecular weight is 819 g/mol. The predicted octanol–water partition coefficient (Wildman–Crippen LogP) is 10.6. The molecule has 0 spiro atoms. The van der Waals surface area contributed by atoms with Gasteiger partial charge in [0, 0.05) is 12.8 Å². The van der Waals surface area contributed by atoms with Crippen molar-refractivity contribution in [1.82, 2.24) is 0 Å². The normalized spacial score (nSPS) is 14.6. The first-order valence-electron chi connectivity index (χ1n) is 21.2. The maximum Gasteiger partial charge on any atom is 0.356 e. The molecule has 0 amide bonds. The van der Waals surface area contributed by atoms with Crippen molar-refractivity contribution in [2.75, 3.05) is 19.8 Å². The minimum atomic E-state index is -4.98. The maximum absolute atomic E-state index is 12.6. The molecule has 0 aromatic carbocycles. The zero-order valence-corrected chi connectivity index (χ0v) is 35.8. The van der Waals surface area contributed by atoms with Crippen LogP contribution >= 0.6 is 7.60 Å². The molecule has 0 aliphatic carbocycles. The second-order valence-corrected chi connectivity index (χ2v) is 15.5. The molecule has 0 aromatic heterocycles. The molecule has 0 heterocycles. The summed E-state index contributed by atoms with van der Waals surface area (Å²) in [5.74, 6) is -3.15. The first-order chi connectivity index (χ1) is 27.6. The molecule has 324 valence electrons. The van der Waals surface area contributed by atoms with Crippen LogP contribution in [0.2, 0.25) is 0 Å². The van der Waals surface area contributed by atoms with Crippen LogP contribution in [-0.2, 0) is 28.4 Å². The lowest BCUT2D eigenvalue weighted by Gasteiger charge is -2.25. The van der Waals surface area contributed by atoms with Gasteiger partial charge in [0.2, 0.25) is 0 Å². The van der Waals surface area contributed by atoms with Gasteiger partial charge in [-0.05, 0) is 89.9 Å². The Morgan fingerprint density at radius 1 is 0.544 bits per heavy atom. The number of ether oxygens (including phenoxy) is 3. The van der Waals surface area contributed by atoms with Gasteiger partial charge in [-0.1, -0.05) is 137 Å². The largest absolute Gasteiger partial charge is 0.462 e. The summed E-state index contributed by atoms with van der Waals surface area (Å²) < 4.78 is 27.8. The summed E-state index contributed by atoms with van der Waals surface area (Å²) in [6, 6.07) is 0. The van der Waals surface area contributed by atoms with Crippen molar-refractivity contribution in [1.29, 1.82) is 0 Å². The lowest BCUT2D eigenvalue weighted by Crippen LogP contribution is -2.37. The summed E-state index contributed by atoms with van der Waals surface area (Å²) in [5.41, 5.74) is 0. The number of carbonyl (C=O) groups is 2. The predicted molar refractivity (Wildman–Crippen MR) is 233 cm³/mol. The van der Waals surface area contributed by atoms with Gasteiger partial charge in [-0.15, -0.1) is 0 Å². The average Bonchev–Trinajstić information content (AvgIpc) is 3.18. The number of carbonyl (C=O) groups excluding carboxylic acids is 2. The number of allylic oxidation sites excluding steroid dienone is 16. The lowest BCUT2D eigenvalue weighted by atomic mass is 10.2. The fraction of sp³-hybridized carbons (Fsp3) is 0.609. The first-order valence-corrected chi connectivity index (χ1v) is 22.8. The smallest absolute Gasteiger partial charge is 0.356 e. The fourth-order valence-electron chi connectivity index (χ4n) is 5.20. The number of hydrogen-bond acceptors (Lipinski definition) is 8. The van der Waals surface area contributed by atoms with Crippen LogP contribution in [-0.4, -0.2) is 69.8 Å². The van der Waals surface area contributed by atoms with Crippen LogP contribution in [0.15, 0.2) is 97.2 Å². The van der Waals surface area contributed by atoms with Crippen LogP contribution in [0.3, 0.4) is 0 Å².